The lowest BCUT2D eigenvalue weighted by atomic mass is 10.0. The monoisotopic (exact) mass is 470 g/mol. The molecule has 2 aliphatic rings. The van der Waals surface area contributed by atoms with E-state index in [1.54, 1.807) is 16.0 Å². The zero-order chi connectivity index (χ0) is 24.3. The maximum Gasteiger partial charge on any atom is 0.410 e. The van der Waals surface area contributed by atoms with E-state index < -0.39 is 5.60 Å². The van der Waals surface area contributed by atoms with Crippen LogP contribution in [0, 0.1) is 6.92 Å². The van der Waals surface area contributed by atoms with Gasteiger partial charge in [-0.05, 0) is 48.7 Å². The number of nitrogens with one attached hydrogen (secondary N) is 1. The molecule has 3 heterocycles. The Hall–Kier alpha value is -3.87. The first-order valence-electron chi connectivity index (χ1n) is 12.1. The molecule has 180 valence electrons. The minimum atomic E-state index is -0.617. The Morgan fingerprint density at radius 2 is 1.91 bits per heavy atom. The molecule has 1 spiro atoms. The fourth-order valence-corrected chi connectivity index (χ4v) is 4.82. The van der Waals surface area contributed by atoms with Gasteiger partial charge in [-0.3, -0.25) is 9.78 Å². The molecule has 5 rings (SSSR count). The molecule has 3 aromatic rings. The molecule has 35 heavy (non-hydrogen) atoms. The third kappa shape index (κ3) is 5.14. The number of benzene rings is 2. The van der Waals surface area contributed by atoms with Crippen molar-refractivity contribution in [2.24, 2.45) is 0 Å². The quantitative estimate of drug-likeness (QED) is 0.558. The fourth-order valence-electron chi connectivity index (χ4n) is 4.82. The van der Waals surface area contributed by atoms with E-state index in [9.17, 15) is 9.59 Å². The molecule has 7 heteroatoms. The number of nitrogens with zero attached hydrogens (tertiary/aromatic N) is 3. The van der Waals surface area contributed by atoms with Gasteiger partial charge in [0.2, 0.25) is 0 Å². The number of aryl methyl sites for hydroxylation is 1. The Kier molecular flexibility index (Phi) is 6.40. The van der Waals surface area contributed by atoms with Crippen molar-refractivity contribution in [3.8, 4) is 0 Å². The van der Waals surface area contributed by atoms with Crippen LogP contribution in [0.15, 0.2) is 72.9 Å². The Bertz CT molecular complexity index is 1200. The Morgan fingerprint density at radius 3 is 2.71 bits per heavy atom. The van der Waals surface area contributed by atoms with Crippen molar-refractivity contribution in [2.75, 3.05) is 31.5 Å². The molecule has 2 amide bonds. The van der Waals surface area contributed by atoms with E-state index >= 15 is 0 Å². The second-order valence-electron chi connectivity index (χ2n) is 9.39. The molecule has 1 aromatic heterocycles. The van der Waals surface area contributed by atoms with Gasteiger partial charge in [0, 0.05) is 37.0 Å². The van der Waals surface area contributed by atoms with Gasteiger partial charge >= 0.3 is 6.09 Å². The lowest BCUT2D eigenvalue weighted by Crippen LogP contribution is -2.39. The van der Waals surface area contributed by atoms with E-state index in [-0.39, 0.29) is 12.0 Å². The average Bonchev–Trinajstić information content (AvgIpc) is 3.44. The fraction of sp³-hybridized carbons (Fsp3) is 0.321. The van der Waals surface area contributed by atoms with Crippen molar-refractivity contribution in [1.29, 1.82) is 0 Å². The lowest BCUT2D eigenvalue weighted by Gasteiger charge is -2.22. The highest BCUT2D eigenvalue weighted by atomic mass is 16.6. The van der Waals surface area contributed by atoms with Crippen molar-refractivity contribution in [3.63, 3.8) is 0 Å². The smallest absolute Gasteiger partial charge is 0.410 e. The minimum absolute atomic E-state index is 0.0402. The summed E-state index contributed by atoms with van der Waals surface area (Å²) in [4.78, 5) is 33.8. The normalized spacial score (nSPS) is 19.3. The molecule has 0 unspecified atom stereocenters. The number of hydrogen-bond acceptors (Lipinski definition) is 5. The van der Waals surface area contributed by atoms with E-state index in [1.807, 2.05) is 61.5 Å². The van der Waals surface area contributed by atoms with Crippen molar-refractivity contribution in [2.45, 2.75) is 31.9 Å². The first kappa shape index (κ1) is 22.9. The zero-order valence-corrected chi connectivity index (χ0v) is 19.9. The van der Waals surface area contributed by atoms with E-state index in [4.69, 9.17) is 4.74 Å². The zero-order valence-electron chi connectivity index (χ0n) is 19.9. The molecule has 0 radical (unpaired) electrons. The van der Waals surface area contributed by atoms with Gasteiger partial charge in [0.1, 0.15) is 0 Å². The third-order valence-corrected chi connectivity index (χ3v) is 6.83. The topological polar surface area (TPSA) is 74.8 Å². The molecule has 1 N–H and O–H groups in total. The van der Waals surface area contributed by atoms with Crippen molar-refractivity contribution in [3.05, 3.63) is 95.3 Å². The van der Waals surface area contributed by atoms with E-state index in [0.717, 1.165) is 23.4 Å². The number of carbonyl (C=O) groups excluding carboxylic acids is 2. The van der Waals surface area contributed by atoms with Crippen LogP contribution in [0.5, 0.6) is 0 Å². The summed E-state index contributed by atoms with van der Waals surface area (Å²) in [6.45, 7) is 4.73. The number of carbonyl (C=O) groups is 2. The lowest BCUT2D eigenvalue weighted by molar-refractivity contribution is 0.0553. The molecule has 1 atom stereocenters. The second-order valence-corrected chi connectivity index (χ2v) is 9.39. The summed E-state index contributed by atoms with van der Waals surface area (Å²) in [5.74, 6) is -0.0402. The molecular formula is C28H30N4O3. The first-order valence-corrected chi connectivity index (χ1v) is 12.1. The van der Waals surface area contributed by atoms with Gasteiger partial charge in [-0.25, -0.2) is 4.79 Å². The van der Waals surface area contributed by atoms with Gasteiger partial charge in [0.25, 0.3) is 5.91 Å². The molecule has 0 saturated carbocycles. The molecule has 2 aliphatic heterocycles. The third-order valence-electron chi connectivity index (χ3n) is 6.83. The Morgan fingerprint density at radius 1 is 1.09 bits per heavy atom. The molecular weight excluding hydrogens is 440 g/mol. The number of hydrogen-bond donors (Lipinski definition) is 1. The van der Waals surface area contributed by atoms with Crippen LogP contribution in [-0.4, -0.2) is 58.6 Å². The van der Waals surface area contributed by atoms with Gasteiger partial charge < -0.3 is 19.9 Å². The SMILES string of the molecule is Cc1ccc(C(=O)N2CC[C@]3(CN(CCc4ccccc4)C(=O)O3)C2)cc1NCc1ccccn1. The Labute approximate surface area is 205 Å². The second kappa shape index (κ2) is 9.78. The van der Waals surface area contributed by atoms with Crippen LogP contribution in [0.25, 0.3) is 0 Å². The maximum atomic E-state index is 13.3. The predicted molar refractivity (Wildman–Crippen MR) is 134 cm³/mol. The maximum absolute atomic E-state index is 13.3. The summed E-state index contributed by atoms with van der Waals surface area (Å²) in [6, 6.07) is 21.7. The number of likely N-dealkylation sites (tertiary alicyclic amines) is 1. The van der Waals surface area contributed by atoms with Gasteiger partial charge in [-0.2, -0.15) is 0 Å². The number of aromatic nitrogens is 1. The number of rotatable bonds is 7. The standard InChI is InChI=1S/C28H30N4O3/c1-21-10-11-23(17-25(21)30-18-24-9-5-6-14-29-24)26(33)31-16-13-28(19-31)20-32(27(34)35-28)15-12-22-7-3-2-4-8-22/h2-11,14,17,30H,12-13,15-16,18-20H2,1H3/t28-/m1/s1. The van der Waals surface area contributed by atoms with E-state index in [0.29, 0.717) is 44.7 Å². The summed E-state index contributed by atoms with van der Waals surface area (Å²) in [6.07, 6.45) is 2.92. The van der Waals surface area contributed by atoms with Gasteiger partial charge in [-0.15, -0.1) is 0 Å². The summed E-state index contributed by atoms with van der Waals surface area (Å²) in [5.41, 5.74) is 4.11. The van der Waals surface area contributed by atoms with Gasteiger partial charge in [0.05, 0.1) is 25.3 Å². The van der Waals surface area contributed by atoms with Crippen molar-refractivity contribution >= 4 is 17.7 Å². The molecule has 0 bridgehead atoms. The Balaban J connectivity index is 1.21. The van der Waals surface area contributed by atoms with Crippen LogP contribution in [0.2, 0.25) is 0 Å². The van der Waals surface area contributed by atoms with Gasteiger partial charge in [-0.1, -0.05) is 42.5 Å². The van der Waals surface area contributed by atoms with E-state index in [1.165, 1.54) is 5.56 Å². The molecule has 2 fully saturated rings. The molecule has 0 aliphatic carbocycles. The van der Waals surface area contributed by atoms with Crippen LogP contribution >= 0.6 is 0 Å². The highest BCUT2D eigenvalue weighted by Gasteiger charge is 2.50. The largest absolute Gasteiger partial charge is 0.439 e. The summed E-state index contributed by atoms with van der Waals surface area (Å²) in [5, 5.41) is 3.39. The predicted octanol–water partition coefficient (Wildman–Crippen LogP) is 4.28. The van der Waals surface area contributed by atoms with E-state index in [2.05, 4.69) is 22.4 Å². The van der Waals surface area contributed by atoms with Crippen molar-refractivity contribution in [1.82, 2.24) is 14.8 Å². The summed E-state index contributed by atoms with van der Waals surface area (Å²) < 4.78 is 5.83. The number of ether oxygens (including phenoxy) is 1. The van der Waals surface area contributed by atoms with Crippen LogP contribution in [0.1, 0.15) is 33.6 Å². The minimum Gasteiger partial charge on any atom is -0.439 e. The average molecular weight is 471 g/mol. The van der Waals surface area contributed by atoms with Crippen molar-refractivity contribution < 1.29 is 14.3 Å². The van der Waals surface area contributed by atoms with Gasteiger partial charge in [0.15, 0.2) is 5.60 Å². The highest BCUT2D eigenvalue weighted by molar-refractivity contribution is 5.95. The highest BCUT2D eigenvalue weighted by Crippen LogP contribution is 2.33. The van der Waals surface area contributed by atoms with Crippen LogP contribution in [0.4, 0.5) is 10.5 Å². The molecule has 2 aromatic carbocycles. The molecule has 7 nitrogen and oxygen atoms in total. The van der Waals surface area contributed by atoms with Crippen LogP contribution < -0.4 is 5.32 Å². The number of pyridine rings is 1. The van der Waals surface area contributed by atoms with Crippen LogP contribution in [0.3, 0.4) is 0 Å². The van der Waals surface area contributed by atoms with Crippen LogP contribution in [-0.2, 0) is 17.7 Å². The summed E-state index contributed by atoms with van der Waals surface area (Å²) in [7, 11) is 0. The first-order chi connectivity index (χ1) is 17.0. The number of amides is 2. The number of anilines is 1. The molecule has 2 saturated heterocycles. The summed E-state index contributed by atoms with van der Waals surface area (Å²) >= 11 is 0.